The molecule has 0 aliphatic heterocycles. The largest absolute Gasteiger partial charge is 0.409 e. The molecule has 0 saturated carbocycles. The molecular weight excluding hydrogens is 188 g/mol. The highest BCUT2D eigenvalue weighted by Crippen LogP contribution is 1.93. The molecule has 0 fully saturated rings. The van der Waals surface area contributed by atoms with E-state index in [1.807, 2.05) is 0 Å². The van der Waals surface area contributed by atoms with Crippen molar-refractivity contribution in [2.75, 3.05) is 0 Å². The Morgan fingerprint density at radius 1 is 1.79 bits per heavy atom. The van der Waals surface area contributed by atoms with Crippen LogP contribution in [0.3, 0.4) is 0 Å². The third-order valence-corrected chi connectivity index (χ3v) is 1.43. The summed E-state index contributed by atoms with van der Waals surface area (Å²) < 4.78 is 4.56. The number of rotatable bonds is 4. The second-order valence-corrected chi connectivity index (χ2v) is 2.54. The van der Waals surface area contributed by atoms with Crippen molar-refractivity contribution in [1.82, 2.24) is 10.5 Å². The minimum atomic E-state index is -0.344. The van der Waals surface area contributed by atoms with Gasteiger partial charge < -0.3 is 20.8 Å². The Morgan fingerprint density at radius 2 is 2.57 bits per heavy atom. The minimum absolute atomic E-state index is 0.136. The number of carbonyl (C=O) groups excluding carboxylic acids is 1. The monoisotopic (exact) mass is 198 g/mol. The molecule has 0 bridgehead atoms. The van der Waals surface area contributed by atoms with Gasteiger partial charge in [-0.1, -0.05) is 10.3 Å². The Balaban J connectivity index is 2.29. The van der Waals surface area contributed by atoms with Gasteiger partial charge in [0.1, 0.15) is 17.8 Å². The number of hydrogen-bond donors (Lipinski definition) is 3. The molecule has 0 aliphatic rings. The number of nitrogens with two attached hydrogens (primary N) is 1. The summed E-state index contributed by atoms with van der Waals surface area (Å²) in [6.45, 7) is 0.258. The Bertz CT molecular complexity index is 320. The molecule has 0 atom stereocenters. The topological polar surface area (TPSA) is 114 Å². The predicted molar refractivity (Wildman–Crippen MR) is 46.4 cm³/mol. The average molecular weight is 198 g/mol. The van der Waals surface area contributed by atoms with Crippen LogP contribution in [0.25, 0.3) is 0 Å². The normalized spacial score (nSPS) is 11.3. The number of hydrogen-bond acceptors (Lipinski definition) is 5. The SMILES string of the molecule is N/C(CC(=O)NCc1ccon1)=N/O. The van der Waals surface area contributed by atoms with Gasteiger partial charge in [0, 0.05) is 6.07 Å². The van der Waals surface area contributed by atoms with Gasteiger partial charge in [-0.2, -0.15) is 0 Å². The summed E-state index contributed by atoms with van der Waals surface area (Å²) in [6.07, 6.45) is 1.26. The number of amidine groups is 1. The fraction of sp³-hybridized carbons (Fsp3) is 0.286. The third-order valence-electron chi connectivity index (χ3n) is 1.43. The number of oxime groups is 1. The molecule has 1 rings (SSSR count). The standard InChI is InChI=1S/C7H10N4O3/c8-6(10-13)3-7(12)9-4-5-1-2-14-11-5/h1-2,13H,3-4H2,(H2,8,10)(H,9,12). The van der Waals surface area contributed by atoms with Crippen LogP contribution < -0.4 is 11.1 Å². The number of amides is 1. The summed E-state index contributed by atoms with van der Waals surface area (Å²) in [5, 5.41) is 17.0. The van der Waals surface area contributed by atoms with Crippen LogP contribution in [-0.2, 0) is 11.3 Å². The third kappa shape index (κ3) is 3.13. The molecule has 7 heteroatoms. The second-order valence-electron chi connectivity index (χ2n) is 2.54. The first kappa shape index (κ1) is 10.0. The molecule has 1 amide bonds. The molecule has 7 nitrogen and oxygen atoms in total. The molecule has 1 heterocycles. The van der Waals surface area contributed by atoms with Gasteiger partial charge in [-0.25, -0.2) is 0 Å². The van der Waals surface area contributed by atoms with Crippen molar-refractivity contribution in [1.29, 1.82) is 0 Å². The summed E-state index contributed by atoms with van der Waals surface area (Å²) in [5.74, 6) is -0.481. The lowest BCUT2D eigenvalue weighted by molar-refractivity contribution is -0.120. The van der Waals surface area contributed by atoms with E-state index in [1.165, 1.54) is 6.26 Å². The fourth-order valence-corrected chi connectivity index (χ4v) is 0.780. The van der Waals surface area contributed by atoms with Crippen LogP contribution in [0.2, 0.25) is 0 Å². The Morgan fingerprint density at radius 3 is 3.14 bits per heavy atom. The Hall–Kier alpha value is -2.05. The number of carbonyl (C=O) groups is 1. The van der Waals surface area contributed by atoms with Gasteiger partial charge in [0.15, 0.2) is 0 Å². The average Bonchev–Trinajstić information content (AvgIpc) is 2.67. The molecule has 76 valence electrons. The number of aromatic nitrogens is 1. The van der Waals surface area contributed by atoms with E-state index in [9.17, 15) is 4.79 Å². The molecule has 1 aromatic rings. The summed E-state index contributed by atoms with van der Waals surface area (Å²) in [7, 11) is 0. The zero-order valence-electron chi connectivity index (χ0n) is 7.30. The van der Waals surface area contributed by atoms with Crippen molar-refractivity contribution < 1.29 is 14.5 Å². The van der Waals surface area contributed by atoms with Crippen molar-refractivity contribution >= 4 is 11.7 Å². The van der Waals surface area contributed by atoms with Crippen LogP contribution in [0.4, 0.5) is 0 Å². The smallest absolute Gasteiger partial charge is 0.228 e. The van der Waals surface area contributed by atoms with Gasteiger partial charge in [0.25, 0.3) is 0 Å². The van der Waals surface area contributed by atoms with E-state index in [0.29, 0.717) is 5.69 Å². The van der Waals surface area contributed by atoms with Gasteiger partial charge in [-0.05, 0) is 0 Å². The first-order chi connectivity index (χ1) is 6.72. The lowest BCUT2D eigenvalue weighted by atomic mass is 10.3. The summed E-state index contributed by atoms with van der Waals surface area (Å²) in [5.41, 5.74) is 5.74. The van der Waals surface area contributed by atoms with Crippen LogP contribution in [0.1, 0.15) is 12.1 Å². The van der Waals surface area contributed by atoms with E-state index in [4.69, 9.17) is 10.9 Å². The van der Waals surface area contributed by atoms with E-state index >= 15 is 0 Å². The Kier molecular flexibility index (Phi) is 3.48. The molecular formula is C7H10N4O3. The van der Waals surface area contributed by atoms with Gasteiger partial charge >= 0.3 is 0 Å². The Labute approximate surface area is 79.6 Å². The first-order valence-corrected chi connectivity index (χ1v) is 3.84. The first-order valence-electron chi connectivity index (χ1n) is 3.84. The van der Waals surface area contributed by atoms with E-state index in [1.54, 1.807) is 6.07 Å². The maximum Gasteiger partial charge on any atom is 0.228 e. The maximum atomic E-state index is 11.1. The minimum Gasteiger partial charge on any atom is -0.409 e. The molecule has 1 aromatic heterocycles. The fourth-order valence-electron chi connectivity index (χ4n) is 0.780. The van der Waals surface area contributed by atoms with Crippen LogP contribution in [0, 0.1) is 0 Å². The van der Waals surface area contributed by atoms with Crippen LogP contribution in [0.15, 0.2) is 22.0 Å². The van der Waals surface area contributed by atoms with Crippen molar-refractivity contribution in [2.45, 2.75) is 13.0 Å². The van der Waals surface area contributed by atoms with Crippen molar-refractivity contribution in [3.05, 3.63) is 18.0 Å². The van der Waals surface area contributed by atoms with Gasteiger partial charge in [0.05, 0.1) is 13.0 Å². The van der Waals surface area contributed by atoms with Crippen LogP contribution in [-0.4, -0.2) is 22.1 Å². The molecule has 0 saturated heterocycles. The molecule has 4 N–H and O–H groups in total. The summed E-state index contributed by atoms with van der Waals surface area (Å²) >= 11 is 0. The van der Waals surface area contributed by atoms with Crippen LogP contribution in [0.5, 0.6) is 0 Å². The lowest BCUT2D eigenvalue weighted by Crippen LogP contribution is -2.28. The van der Waals surface area contributed by atoms with Crippen molar-refractivity contribution in [2.24, 2.45) is 10.9 Å². The van der Waals surface area contributed by atoms with E-state index in [-0.39, 0.29) is 24.7 Å². The molecule has 0 unspecified atom stereocenters. The van der Waals surface area contributed by atoms with Gasteiger partial charge in [-0.15, -0.1) is 0 Å². The summed E-state index contributed by atoms with van der Waals surface area (Å²) in [6, 6.07) is 1.63. The van der Waals surface area contributed by atoms with Crippen molar-refractivity contribution in [3.63, 3.8) is 0 Å². The highest BCUT2D eigenvalue weighted by Gasteiger charge is 2.05. The molecule has 0 radical (unpaired) electrons. The zero-order valence-corrected chi connectivity index (χ0v) is 7.30. The molecule has 14 heavy (non-hydrogen) atoms. The quantitative estimate of drug-likeness (QED) is 0.259. The van der Waals surface area contributed by atoms with E-state index in [2.05, 4.69) is 20.2 Å². The van der Waals surface area contributed by atoms with Crippen molar-refractivity contribution in [3.8, 4) is 0 Å². The highest BCUT2D eigenvalue weighted by atomic mass is 16.5. The molecule has 0 aliphatic carbocycles. The van der Waals surface area contributed by atoms with E-state index < -0.39 is 0 Å². The predicted octanol–water partition coefficient (Wildman–Crippen LogP) is -0.573. The summed E-state index contributed by atoms with van der Waals surface area (Å²) in [4.78, 5) is 11.1. The highest BCUT2D eigenvalue weighted by molar-refractivity contribution is 5.98. The molecule has 0 spiro atoms. The second kappa shape index (κ2) is 4.85. The van der Waals surface area contributed by atoms with Gasteiger partial charge in [0.2, 0.25) is 5.91 Å². The van der Waals surface area contributed by atoms with Crippen LogP contribution >= 0.6 is 0 Å². The number of nitrogens with zero attached hydrogens (tertiary/aromatic N) is 2. The van der Waals surface area contributed by atoms with E-state index in [0.717, 1.165) is 0 Å². The zero-order chi connectivity index (χ0) is 10.4. The lowest BCUT2D eigenvalue weighted by Gasteiger charge is -2.00. The van der Waals surface area contributed by atoms with Gasteiger partial charge in [-0.3, -0.25) is 4.79 Å². The number of nitrogens with one attached hydrogen (secondary N) is 1. The molecule has 0 aromatic carbocycles. The maximum absolute atomic E-state index is 11.1.